The molecule has 5 rings (SSSR count). The van der Waals surface area contributed by atoms with Gasteiger partial charge in [-0.25, -0.2) is 14.4 Å². The van der Waals surface area contributed by atoms with E-state index >= 15 is 0 Å². The van der Waals surface area contributed by atoms with Gasteiger partial charge in [0.15, 0.2) is 18.1 Å². The van der Waals surface area contributed by atoms with Crippen LogP contribution >= 0.6 is 11.6 Å². The van der Waals surface area contributed by atoms with Crippen LogP contribution in [-0.4, -0.2) is 65.6 Å². The van der Waals surface area contributed by atoms with Gasteiger partial charge < -0.3 is 24.6 Å². The second-order valence-corrected chi connectivity index (χ2v) is 9.33. The Morgan fingerprint density at radius 2 is 1.82 bits per heavy atom. The van der Waals surface area contributed by atoms with E-state index in [0.29, 0.717) is 60.1 Å². The van der Waals surface area contributed by atoms with Crippen molar-refractivity contribution in [2.45, 2.75) is 0 Å². The molecule has 1 N–H and O–H groups in total. The van der Waals surface area contributed by atoms with Crippen molar-refractivity contribution in [3.63, 3.8) is 0 Å². The van der Waals surface area contributed by atoms with E-state index in [9.17, 15) is 19.3 Å². The first kappa shape index (κ1) is 26.9. The molecular weight excluding hydrogens is 543 g/mol. The van der Waals surface area contributed by atoms with Crippen molar-refractivity contribution in [1.29, 1.82) is 0 Å². The van der Waals surface area contributed by atoms with Gasteiger partial charge in [0.25, 0.3) is 11.6 Å². The molecule has 1 aliphatic heterocycles. The third kappa shape index (κ3) is 5.81. The number of nitro benzene ring substituents is 1. The van der Waals surface area contributed by atoms with Gasteiger partial charge in [-0.3, -0.25) is 14.9 Å². The fourth-order valence-corrected chi connectivity index (χ4v) is 4.56. The van der Waals surface area contributed by atoms with Crippen molar-refractivity contribution in [3.8, 4) is 11.5 Å². The Bertz CT molecular complexity index is 1560. The van der Waals surface area contributed by atoms with Crippen molar-refractivity contribution in [1.82, 2.24) is 14.9 Å². The molecule has 40 heavy (non-hydrogen) atoms. The molecule has 13 heteroatoms. The predicted molar refractivity (Wildman–Crippen MR) is 148 cm³/mol. The molecule has 0 unspecified atom stereocenters. The lowest BCUT2D eigenvalue weighted by Gasteiger charge is -2.36. The number of anilines is 3. The number of methoxy groups -OCH3 is 1. The van der Waals surface area contributed by atoms with Gasteiger partial charge in [0, 0.05) is 61.1 Å². The maximum atomic E-state index is 13.6. The maximum Gasteiger partial charge on any atom is 0.269 e. The number of hydrogen-bond acceptors (Lipinski definition) is 9. The summed E-state index contributed by atoms with van der Waals surface area (Å²) in [5.74, 6) is 0.459. The van der Waals surface area contributed by atoms with Crippen LogP contribution in [0.3, 0.4) is 0 Å². The van der Waals surface area contributed by atoms with Gasteiger partial charge in [-0.15, -0.1) is 0 Å². The third-order valence-corrected chi connectivity index (χ3v) is 6.80. The Morgan fingerprint density at radius 3 is 2.50 bits per heavy atom. The molecule has 1 fully saturated rings. The highest BCUT2D eigenvalue weighted by molar-refractivity contribution is 6.31. The average molecular weight is 567 g/mol. The summed E-state index contributed by atoms with van der Waals surface area (Å²) in [6.07, 6.45) is 1.38. The van der Waals surface area contributed by atoms with Gasteiger partial charge in [-0.05, 0) is 36.4 Å². The molecule has 0 aliphatic carbocycles. The number of non-ortho nitro benzene ring substituents is 1. The molecule has 1 aliphatic rings. The monoisotopic (exact) mass is 566 g/mol. The van der Waals surface area contributed by atoms with E-state index in [1.165, 1.54) is 43.8 Å². The Kier molecular flexibility index (Phi) is 7.78. The van der Waals surface area contributed by atoms with E-state index in [0.717, 1.165) is 5.69 Å². The summed E-state index contributed by atoms with van der Waals surface area (Å²) >= 11 is 5.91. The largest absolute Gasteiger partial charge is 0.493 e. The molecule has 0 spiro atoms. The Hall–Kier alpha value is -4.71. The van der Waals surface area contributed by atoms with E-state index in [1.54, 1.807) is 29.2 Å². The molecule has 2 heterocycles. The lowest BCUT2D eigenvalue weighted by Crippen LogP contribution is -2.50. The lowest BCUT2D eigenvalue weighted by molar-refractivity contribution is -0.384. The first-order chi connectivity index (χ1) is 19.3. The smallest absolute Gasteiger partial charge is 0.269 e. The van der Waals surface area contributed by atoms with Crippen LogP contribution in [0.4, 0.5) is 27.3 Å². The number of halogens is 2. The van der Waals surface area contributed by atoms with Gasteiger partial charge in [-0.2, -0.15) is 0 Å². The summed E-state index contributed by atoms with van der Waals surface area (Å²) in [4.78, 5) is 35.8. The molecule has 0 saturated carbocycles. The number of rotatable bonds is 8. The van der Waals surface area contributed by atoms with Crippen LogP contribution in [0.1, 0.15) is 0 Å². The van der Waals surface area contributed by atoms with E-state index < -0.39 is 10.7 Å². The van der Waals surface area contributed by atoms with Crippen molar-refractivity contribution in [2.24, 2.45) is 0 Å². The molecule has 0 radical (unpaired) electrons. The summed E-state index contributed by atoms with van der Waals surface area (Å²) < 4.78 is 24.9. The molecule has 1 saturated heterocycles. The fraction of sp³-hybridized carbons (Fsp3) is 0.222. The van der Waals surface area contributed by atoms with Crippen molar-refractivity contribution in [3.05, 3.63) is 81.9 Å². The zero-order valence-corrected chi connectivity index (χ0v) is 22.1. The summed E-state index contributed by atoms with van der Waals surface area (Å²) in [5, 5.41) is 14.6. The summed E-state index contributed by atoms with van der Waals surface area (Å²) in [7, 11) is 1.49. The Balaban J connectivity index is 1.25. The fourth-order valence-electron chi connectivity index (χ4n) is 4.38. The summed E-state index contributed by atoms with van der Waals surface area (Å²) in [5.41, 5.74) is 2.01. The number of piperazine rings is 1. The quantitative estimate of drug-likeness (QED) is 0.236. The number of carbonyl (C=O) groups excluding carboxylic acids is 1. The van der Waals surface area contributed by atoms with E-state index in [1.807, 2.05) is 0 Å². The molecule has 1 aromatic heterocycles. The van der Waals surface area contributed by atoms with Crippen LogP contribution in [-0.2, 0) is 4.79 Å². The van der Waals surface area contributed by atoms with Gasteiger partial charge in [0.2, 0.25) is 0 Å². The SMILES string of the molecule is COc1cc2ncnc(Nc3ccc(F)c(Cl)c3)c2cc1OCC(=O)N1CCN(c2ccc([N+](=O)[O-])cc2)CC1. The molecule has 4 aromatic rings. The first-order valence-electron chi connectivity index (χ1n) is 12.3. The van der Waals surface area contributed by atoms with E-state index in [-0.39, 0.29) is 23.2 Å². The van der Waals surface area contributed by atoms with Crippen LogP contribution in [0.25, 0.3) is 10.9 Å². The number of fused-ring (bicyclic) bond motifs is 1. The highest BCUT2D eigenvalue weighted by Crippen LogP contribution is 2.35. The highest BCUT2D eigenvalue weighted by Gasteiger charge is 2.23. The van der Waals surface area contributed by atoms with Crippen molar-refractivity contribution in [2.75, 3.05) is 50.1 Å². The minimum absolute atomic E-state index is 0.0267. The van der Waals surface area contributed by atoms with Gasteiger partial charge in [0.1, 0.15) is 18.0 Å². The lowest BCUT2D eigenvalue weighted by atomic mass is 10.2. The predicted octanol–water partition coefficient (Wildman–Crippen LogP) is 4.81. The maximum absolute atomic E-state index is 13.6. The van der Waals surface area contributed by atoms with Crippen LogP contribution < -0.4 is 19.7 Å². The number of nitro groups is 1. The Labute approximate surface area is 233 Å². The normalized spacial score (nSPS) is 13.3. The molecule has 1 amide bonds. The number of ether oxygens (including phenoxy) is 2. The first-order valence-corrected chi connectivity index (χ1v) is 12.6. The topological polar surface area (TPSA) is 123 Å². The second kappa shape index (κ2) is 11.6. The second-order valence-electron chi connectivity index (χ2n) is 8.93. The minimum atomic E-state index is -0.530. The molecule has 3 aromatic carbocycles. The van der Waals surface area contributed by atoms with Crippen LogP contribution in [0.2, 0.25) is 5.02 Å². The summed E-state index contributed by atoms with van der Waals surface area (Å²) in [6, 6.07) is 14.0. The highest BCUT2D eigenvalue weighted by atomic mass is 35.5. The minimum Gasteiger partial charge on any atom is -0.493 e. The standard InChI is InChI=1S/C27H24ClFN6O5/c1-39-24-14-23-20(27(31-16-30-23)32-17-2-7-22(29)21(28)12-17)13-25(24)40-15-26(36)34-10-8-33(9-11-34)18-3-5-19(6-4-18)35(37)38/h2-7,12-14,16H,8-11,15H2,1H3,(H,30,31,32). The zero-order valence-electron chi connectivity index (χ0n) is 21.3. The number of amides is 1. The molecule has 11 nitrogen and oxygen atoms in total. The van der Waals surface area contributed by atoms with E-state index in [4.69, 9.17) is 21.1 Å². The molecular formula is C27H24ClFN6O5. The number of hydrogen-bond donors (Lipinski definition) is 1. The van der Waals surface area contributed by atoms with Gasteiger partial charge in [-0.1, -0.05) is 11.6 Å². The number of benzene rings is 3. The van der Waals surface area contributed by atoms with Crippen LogP contribution in [0.5, 0.6) is 11.5 Å². The van der Waals surface area contributed by atoms with Gasteiger partial charge in [0.05, 0.1) is 22.6 Å². The molecule has 0 bridgehead atoms. The Morgan fingerprint density at radius 1 is 1.07 bits per heavy atom. The number of nitrogens with zero attached hydrogens (tertiary/aromatic N) is 5. The van der Waals surface area contributed by atoms with Crippen LogP contribution in [0, 0.1) is 15.9 Å². The van der Waals surface area contributed by atoms with Crippen molar-refractivity contribution < 1.29 is 23.6 Å². The molecule has 0 atom stereocenters. The number of nitrogens with one attached hydrogen (secondary N) is 1. The van der Waals surface area contributed by atoms with Crippen LogP contribution in [0.15, 0.2) is 60.9 Å². The van der Waals surface area contributed by atoms with Gasteiger partial charge >= 0.3 is 0 Å². The average Bonchev–Trinajstić information content (AvgIpc) is 2.97. The summed E-state index contributed by atoms with van der Waals surface area (Å²) in [6.45, 7) is 1.93. The van der Waals surface area contributed by atoms with E-state index in [2.05, 4.69) is 20.2 Å². The third-order valence-electron chi connectivity index (χ3n) is 6.51. The number of carbonyl (C=O) groups is 1. The van der Waals surface area contributed by atoms with Crippen molar-refractivity contribution >= 4 is 51.3 Å². The number of aromatic nitrogens is 2. The molecule has 206 valence electrons. The zero-order chi connectivity index (χ0) is 28.2.